The molecule has 0 aromatic rings. The maximum Gasteiger partial charge on any atom is 0.303 e. The first-order valence-corrected chi connectivity index (χ1v) is 3.99. The van der Waals surface area contributed by atoms with Crippen molar-refractivity contribution in [1.82, 2.24) is 0 Å². The van der Waals surface area contributed by atoms with E-state index in [0.29, 0.717) is 6.42 Å². The summed E-state index contributed by atoms with van der Waals surface area (Å²) in [4.78, 5) is 10.0. The summed E-state index contributed by atoms with van der Waals surface area (Å²) in [5.41, 5.74) is 0. The monoisotopic (exact) mass is 252 g/mol. The van der Waals surface area contributed by atoms with E-state index in [2.05, 4.69) is 6.92 Å². The fourth-order valence-electron chi connectivity index (χ4n) is 0.880. The van der Waals surface area contributed by atoms with Gasteiger partial charge < -0.3 is 10.6 Å². The Morgan fingerprint density at radius 3 is 2.08 bits per heavy atom. The second-order valence-corrected chi connectivity index (χ2v) is 2.56. The Balaban J connectivity index is -0.000000405. The Labute approximate surface area is 93.0 Å². The van der Waals surface area contributed by atoms with Gasteiger partial charge in [-0.2, -0.15) is 0 Å². The van der Waals surface area contributed by atoms with Gasteiger partial charge in [0.2, 0.25) is 0 Å². The SMILES string of the molecule is CCCCCCCC(=O)O.O.[Zr]. The molecule has 3 N–H and O–H groups in total. The van der Waals surface area contributed by atoms with Crippen molar-refractivity contribution >= 4 is 5.97 Å². The van der Waals surface area contributed by atoms with Crippen LogP contribution in [0.1, 0.15) is 45.4 Å². The molecule has 0 aromatic carbocycles. The van der Waals surface area contributed by atoms with E-state index >= 15 is 0 Å². The first-order chi connectivity index (χ1) is 4.77. The zero-order chi connectivity index (χ0) is 7.82. The van der Waals surface area contributed by atoms with E-state index in [1.54, 1.807) is 0 Å². The molecule has 0 spiro atoms. The zero-order valence-electron chi connectivity index (χ0n) is 7.60. The number of carboxylic acids is 1. The van der Waals surface area contributed by atoms with Gasteiger partial charge in [-0.05, 0) is 6.42 Å². The quantitative estimate of drug-likeness (QED) is 0.731. The molecule has 0 saturated carbocycles. The Kier molecular flexibility index (Phi) is 21.0. The summed E-state index contributed by atoms with van der Waals surface area (Å²) >= 11 is 0. The molecule has 0 saturated heterocycles. The average molecular weight is 253 g/mol. The Morgan fingerprint density at radius 1 is 1.17 bits per heavy atom. The van der Waals surface area contributed by atoms with Crippen molar-refractivity contribution < 1.29 is 41.6 Å². The molecule has 0 amide bonds. The first-order valence-electron chi connectivity index (χ1n) is 3.99. The van der Waals surface area contributed by atoms with E-state index in [1.165, 1.54) is 19.3 Å². The Bertz CT molecular complexity index is 96.3. The number of carbonyl (C=O) groups is 1. The van der Waals surface area contributed by atoms with Gasteiger partial charge in [-0.1, -0.05) is 32.6 Å². The Morgan fingerprint density at radius 2 is 1.67 bits per heavy atom. The van der Waals surface area contributed by atoms with Gasteiger partial charge in [-0.3, -0.25) is 4.79 Å². The summed E-state index contributed by atoms with van der Waals surface area (Å²) < 4.78 is 0. The summed E-state index contributed by atoms with van der Waals surface area (Å²) in [6, 6.07) is 0. The van der Waals surface area contributed by atoms with E-state index in [-0.39, 0.29) is 31.7 Å². The van der Waals surface area contributed by atoms with Crippen LogP contribution in [0.4, 0.5) is 0 Å². The average Bonchev–Trinajstić information content (AvgIpc) is 1.87. The smallest absolute Gasteiger partial charge is 0.303 e. The van der Waals surface area contributed by atoms with Gasteiger partial charge in [0.15, 0.2) is 0 Å². The minimum absolute atomic E-state index is 0. The third-order valence-corrected chi connectivity index (χ3v) is 1.49. The van der Waals surface area contributed by atoms with Gasteiger partial charge in [-0.25, -0.2) is 0 Å². The molecule has 0 radical (unpaired) electrons. The molecular formula is C8H18O3Zr. The second kappa shape index (κ2) is 13.9. The molecule has 0 fully saturated rings. The summed E-state index contributed by atoms with van der Waals surface area (Å²) in [6.45, 7) is 2.15. The summed E-state index contributed by atoms with van der Waals surface area (Å²) in [5, 5.41) is 8.27. The third kappa shape index (κ3) is 16.7. The van der Waals surface area contributed by atoms with Gasteiger partial charge >= 0.3 is 5.97 Å². The minimum Gasteiger partial charge on any atom is -0.481 e. The number of rotatable bonds is 6. The summed E-state index contributed by atoms with van der Waals surface area (Å²) in [5.74, 6) is -0.670. The van der Waals surface area contributed by atoms with Crippen molar-refractivity contribution in [2.24, 2.45) is 0 Å². The van der Waals surface area contributed by atoms with Gasteiger partial charge in [0.25, 0.3) is 0 Å². The van der Waals surface area contributed by atoms with Crippen molar-refractivity contribution in [2.45, 2.75) is 45.4 Å². The van der Waals surface area contributed by atoms with Crippen LogP contribution in [0.2, 0.25) is 0 Å². The molecule has 0 bridgehead atoms. The fraction of sp³-hybridized carbons (Fsp3) is 0.875. The van der Waals surface area contributed by atoms with Crippen LogP contribution in [0.15, 0.2) is 0 Å². The van der Waals surface area contributed by atoms with Gasteiger partial charge in [-0.15, -0.1) is 0 Å². The van der Waals surface area contributed by atoms with Gasteiger partial charge in [0.1, 0.15) is 0 Å². The van der Waals surface area contributed by atoms with E-state index in [1.807, 2.05) is 0 Å². The second-order valence-electron chi connectivity index (χ2n) is 2.56. The van der Waals surface area contributed by atoms with Crippen molar-refractivity contribution in [1.29, 1.82) is 0 Å². The molecule has 4 heteroatoms. The number of hydrogen-bond acceptors (Lipinski definition) is 1. The molecule has 0 heterocycles. The van der Waals surface area contributed by atoms with Crippen LogP contribution in [0.3, 0.4) is 0 Å². The van der Waals surface area contributed by atoms with Crippen molar-refractivity contribution in [3.8, 4) is 0 Å². The van der Waals surface area contributed by atoms with Gasteiger partial charge in [0, 0.05) is 32.6 Å². The predicted octanol–water partition coefficient (Wildman–Crippen LogP) is 1.60. The molecule has 0 aromatic heterocycles. The normalized spacial score (nSPS) is 8.08. The molecule has 12 heavy (non-hydrogen) atoms. The van der Waals surface area contributed by atoms with Crippen LogP contribution >= 0.6 is 0 Å². The molecule has 0 aliphatic carbocycles. The number of hydrogen-bond donors (Lipinski definition) is 1. The third-order valence-electron chi connectivity index (χ3n) is 1.49. The first kappa shape index (κ1) is 18.2. The van der Waals surface area contributed by atoms with E-state index in [0.717, 1.165) is 12.8 Å². The number of aliphatic carboxylic acids is 1. The van der Waals surface area contributed by atoms with Gasteiger partial charge in [0.05, 0.1) is 0 Å². The van der Waals surface area contributed by atoms with E-state index in [9.17, 15) is 4.79 Å². The number of carboxylic acid groups (broad SMARTS) is 1. The molecule has 0 aliphatic heterocycles. The molecule has 0 atom stereocenters. The van der Waals surface area contributed by atoms with E-state index in [4.69, 9.17) is 5.11 Å². The van der Waals surface area contributed by atoms with Crippen LogP contribution in [-0.2, 0) is 31.0 Å². The minimum atomic E-state index is -0.670. The summed E-state index contributed by atoms with van der Waals surface area (Å²) in [7, 11) is 0. The maximum atomic E-state index is 10.0. The maximum absolute atomic E-state index is 10.0. The molecule has 3 nitrogen and oxygen atoms in total. The largest absolute Gasteiger partial charge is 0.481 e. The van der Waals surface area contributed by atoms with Crippen LogP contribution < -0.4 is 0 Å². The van der Waals surface area contributed by atoms with Crippen molar-refractivity contribution in [2.75, 3.05) is 0 Å². The van der Waals surface area contributed by atoms with Crippen LogP contribution in [0, 0.1) is 0 Å². The van der Waals surface area contributed by atoms with Crippen molar-refractivity contribution in [3.63, 3.8) is 0 Å². The van der Waals surface area contributed by atoms with Crippen LogP contribution in [-0.4, -0.2) is 16.6 Å². The van der Waals surface area contributed by atoms with E-state index < -0.39 is 5.97 Å². The molecule has 0 unspecified atom stereocenters. The Hall–Kier alpha value is 0.313. The fourth-order valence-corrected chi connectivity index (χ4v) is 0.880. The standard InChI is InChI=1S/C8H16O2.H2O.Zr/c1-2-3-4-5-6-7-8(9)10;;/h2-7H2,1H3,(H,9,10);1H2;. The molecule has 72 valence electrons. The number of unbranched alkanes of at least 4 members (excludes halogenated alkanes) is 4. The molecule has 0 rings (SSSR count). The van der Waals surface area contributed by atoms with Crippen molar-refractivity contribution in [3.05, 3.63) is 0 Å². The molecule has 0 aliphatic rings. The van der Waals surface area contributed by atoms with Crippen LogP contribution in [0.25, 0.3) is 0 Å². The predicted molar refractivity (Wildman–Crippen MR) is 44.6 cm³/mol. The molecular weight excluding hydrogens is 235 g/mol. The topological polar surface area (TPSA) is 68.8 Å². The van der Waals surface area contributed by atoms with Crippen LogP contribution in [0.5, 0.6) is 0 Å². The summed E-state index contributed by atoms with van der Waals surface area (Å²) in [6.07, 6.45) is 5.88. The zero-order valence-corrected chi connectivity index (χ0v) is 10.1.